The van der Waals surface area contributed by atoms with Crippen LogP contribution < -0.4 is 10.3 Å². The van der Waals surface area contributed by atoms with Gasteiger partial charge in [-0.3, -0.25) is 4.79 Å². The summed E-state index contributed by atoms with van der Waals surface area (Å²) in [6, 6.07) is 13.4. The van der Waals surface area contributed by atoms with Crippen LogP contribution in [0.3, 0.4) is 0 Å². The van der Waals surface area contributed by atoms with Gasteiger partial charge in [-0.1, -0.05) is 18.2 Å². The van der Waals surface area contributed by atoms with Crippen molar-refractivity contribution < 1.29 is 9.84 Å². The number of hydrogen-bond acceptors (Lipinski definition) is 5. The molecule has 0 saturated heterocycles. The molecule has 0 bridgehead atoms. The molecule has 4 aromatic rings. The third kappa shape index (κ3) is 4.05. The lowest BCUT2D eigenvalue weighted by Gasteiger charge is -2.16. The van der Waals surface area contributed by atoms with E-state index in [4.69, 9.17) is 4.74 Å². The average molecular weight is 390 g/mol. The topological polar surface area (TPSA) is 93.0 Å². The van der Waals surface area contributed by atoms with E-state index in [0.29, 0.717) is 29.9 Å². The van der Waals surface area contributed by atoms with E-state index < -0.39 is 5.60 Å². The molecule has 4 rings (SSSR count). The lowest BCUT2D eigenvalue weighted by atomic mass is 10.1. The van der Waals surface area contributed by atoms with E-state index in [1.165, 1.54) is 6.33 Å². The summed E-state index contributed by atoms with van der Waals surface area (Å²) in [6.07, 6.45) is 5.48. The molecule has 0 fully saturated rings. The Labute approximate surface area is 167 Å². The highest BCUT2D eigenvalue weighted by Crippen LogP contribution is 2.29. The van der Waals surface area contributed by atoms with Crippen molar-refractivity contribution in [2.75, 3.05) is 6.61 Å². The zero-order chi connectivity index (χ0) is 20.4. The Morgan fingerprint density at radius 1 is 1.14 bits per heavy atom. The molecule has 29 heavy (non-hydrogen) atoms. The lowest BCUT2D eigenvalue weighted by Crippen LogP contribution is -2.21. The molecule has 0 aliphatic rings. The lowest BCUT2D eigenvalue weighted by molar-refractivity contribution is 0.0547. The molecule has 0 spiro atoms. The number of nitrogens with one attached hydrogen (secondary N) is 1. The molecule has 2 N–H and O–H groups in total. The Bertz CT molecular complexity index is 1170. The summed E-state index contributed by atoms with van der Waals surface area (Å²) >= 11 is 0. The quantitative estimate of drug-likeness (QED) is 0.527. The number of H-pyrrole nitrogens is 1. The van der Waals surface area contributed by atoms with Crippen molar-refractivity contribution in [2.45, 2.75) is 25.9 Å². The number of aromatic nitrogens is 4. The minimum Gasteiger partial charge on any atom is -0.478 e. The number of rotatable bonds is 6. The van der Waals surface area contributed by atoms with Crippen LogP contribution in [-0.2, 0) is 0 Å². The first-order valence-electron chi connectivity index (χ1n) is 9.38. The summed E-state index contributed by atoms with van der Waals surface area (Å²) in [7, 11) is 0. The van der Waals surface area contributed by atoms with Crippen LogP contribution in [-0.4, -0.2) is 36.8 Å². The summed E-state index contributed by atoms with van der Waals surface area (Å²) in [5.41, 5.74) is 2.05. The molecule has 0 saturated carbocycles. The van der Waals surface area contributed by atoms with Gasteiger partial charge in [-0.15, -0.1) is 0 Å². The number of aromatic amines is 1. The zero-order valence-electron chi connectivity index (χ0n) is 16.3. The normalized spacial score (nSPS) is 11.7. The van der Waals surface area contributed by atoms with Crippen molar-refractivity contribution in [1.29, 1.82) is 0 Å². The van der Waals surface area contributed by atoms with Gasteiger partial charge in [-0.25, -0.2) is 9.97 Å². The number of benzene rings is 1. The molecular formula is C22H22N4O3. The Balaban J connectivity index is 1.70. The minimum atomic E-state index is -0.784. The van der Waals surface area contributed by atoms with Crippen molar-refractivity contribution >= 4 is 11.0 Å². The summed E-state index contributed by atoms with van der Waals surface area (Å²) in [5, 5.41) is 10.3. The molecule has 0 unspecified atom stereocenters. The van der Waals surface area contributed by atoms with Gasteiger partial charge in [-0.2, -0.15) is 0 Å². The van der Waals surface area contributed by atoms with Gasteiger partial charge in [0.1, 0.15) is 0 Å². The number of aliphatic hydroxyl groups is 1. The predicted octanol–water partition coefficient (Wildman–Crippen LogP) is 3.32. The van der Waals surface area contributed by atoms with E-state index in [0.717, 1.165) is 16.8 Å². The minimum absolute atomic E-state index is 0.204. The first-order valence-corrected chi connectivity index (χ1v) is 9.38. The molecule has 7 nitrogen and oxygen atoms in total. The number of ether oxygens (including phenoxy) is 1. The van der Waals surface area contributed by atoms with Crippen molar-refractivity contribution in [2.24, 2.45) is 0 Å². The van der Waals surface area contributed by atoms with Crippen molar-refractivity contribution in [3.05, 3.63) is 71.5 Å². The molecule has 3 heterocycles. The largest absolute Gasteiger partial charge is 0.478 e. The molecular weight excluding hydrogens is 368 g/mol. The molecule has 0 radical (unpaired) electrons. The third-order valence-electron chi connectivity index (χ3n) is 4.63. The number of para-hydroxylation sites is 1. The Kier molecular flexibility index (Phi) is 4.90. The zero-order valence-corrected chi connectivity index (χ0v) is 16.3. The fourth-order valence-corrected chi connectivity index (χ4v) is 3.11. The summed E-state index contributed by atoms with van der Waals surface area (Å²) < 4.78 is 7.50. The third-order valence-corrected chi connectivity index (χ3v) is 4.63. The Morgan fingerprint density at radius 2 is 1.93 bits per heavy atom. The first kappa shape index (κ1) is 18.9. The van der Waals surface area contributed by atoms with E-state index in [1.54, 1.807) is 26.1 Å². The maximum absolute atomic E-state index is 12.5. The maximum Gasteiger partial charge on any atom is 0.260 e. The summed E-state index contributed by atoms with van der Waals surface area (Å²) in [5.74, 6) is 0.469. The van der Waals surface area contributed by atoms with Crippen LogP contribution in [0.5, 0.6) is 5.88 Å². The van der Waals surface area contributed by atoms with Crippen LogP contribution in [0.1, 0.15) is 20.3 Å². The monoisotopic (exact) mass is 390 g/mol. The number of hydrogen-bond donors (Lipinski definition) is 2. The molecule has 3 aromatic heterocycles. The fourth-order valence-electron chi connectivity index (χ4n) is 3.11. The molecule has 0 atom stereocenters. The summed E-state index contributed by atoms with van der Waals surface area (Å²) in [4.78, 5) is 23.9. The molecule has 1 aromatic carbocycles. The van der Waals surface area contributed by atoms with Crippen molar-refractivity contribution in [3.8, 4) is 22.7 Å². The molecule has 7 heteroatoms. The van der Waals surface area contributed by atoms with Gasteiger partial charge >= 0.3 is 0 Å². The van der Waals surface area contributed by atoms with Crippen LogP contribution in [0.4, 0.5) is 0 Å². The standard InChI is InChI=1S/C22H22N4O3/c1-22(2,28)10-11-29-18-9-8-15(12-23-18)17-13-26(16-6-4-3-5-7-16)20-19(17)21(27)25-14-24-20/h3-9,12-14,28H,10-11H2,1-2H3,(H,24,25,27). The van der Waals surface area contributed by atoms with Gasteiger partial charge in [0.15, 0.2) is 5.65 Å². The number of fused-ring (bicyclic) bond motifs is 1. The van der Waals surface area contributed by atoms with Crippen LogP contribution in [0.15, 0.2) is 66.0 Å². The van der Waals surface area contributed by atoms with E-state index in [2.05, 4.69) is 15.0 Å². The Morgan fingerprint density at radius 3 is 2.62 bits per heavy atom. The van der Waals surface area contributed by atoms with Crippen LogP contribution in [0.25, 0.3) is 27.8 Å². The van der Waals surface area contributed by atoms with E-state index >= 15 is 0 Å². The second-order valence-electron chi connectivity index (χ2n) is 7.47. The first-order chi connectivity index (χ1) is 13.9. The Hall–Kier alpha value is -3.45. The predicted molar refractivity (Wildman–Crippen MR) is 111 cm³/mol. The van der Waals surface area contributed by atoms with Gasteiger partial charge in [0.25, 0.3) is 5.56 Å². The van der Waals surface area contributed by atoms with Crippen LogP contribution >= 0.6 is 0 Å². The van der Waals surface area contributed by atoms with Crippen LogP contribution in [0.2, 0.25) is 0 Å². The SMILES string of the molecule is CC(C)(O)CCOc1ccc(-c2cn(-c3ccccc3)c3nc[nH]c(=O)c23)cn1. The highest BCUT2D eigenvalue weighted by molar-refractivity contribution is 5.94. The number of nitrogens with zero attached hydrogens (tertiary/aromatic N) is 3. The molecule has 0 aliphatic heterocycles. The number of pyridine rings is 1. The average Bonchev–Trinajstić information content (AvgIpc) is 3.09. The van der Waals surface area contributed by atoms with Gasteiger partial charge in [0, 0.05) is 41.7 Å². The van der Waals surface area contributed by atoms with Gasteiger partial charge in [0.2, 0.25) is 5.88 Å². The fraction of sp³-hybridized carbons (Fsp3) is 0.227. The summed E-state index contributed by atoms with van der Waals surface area (Å²) in [6.45, 7) is 3.84. The second kappa shape index (κ2) is 7.52. The van der Waals surface area contributed by atoms with Gasteiger partial charge in [-0.05, 0) is 32.0 Å². The molecule has 0 aliphatic carbocycles. The van der Waals surface area contributed by atoms with E-state index in [9.17, 15) is 9.90 Å². The van der Waals surface area contributed by atoms with Crippen molar-refractivity contribution in [3.63, 3.8) is 0 Å². The smallest absolute Gasteiger partial charge is 0.260 e. The van der Waals surface area contributed by atoms with Crippen LogP contribution in [0, 0.1) is 0 Å². The molecule has 0 amide bonds. The second-order valence-corrected chi connectivity index (χ2v) is 7.47. The molecule has 148 valence electrons. The van der Waals surface area contributed by atoms with Gasteiger partial charge in [0.05, 0.1) is 23.9 Å². The van der Waals surface area contributed by atoms with E-state index in [-0.39, 0.29) is 5.56 Å². The highest BCUT2D eigenvalue weighted by atomic mass is 16.5. The van der Waals surface area contributed by atoms with E-state index in [1.807, 2.05) is 47.2 Å². The van der Waals surface area contributed by atoms with Crippen molar-refractivity contribution in [1.82, 2.24) is 19.5 Å². The highest BCUT2D eigenvalue weighted by Gasteiger charge is 2.16. The maximum atomic E-state index is 12.5. The van der Waals surface area contributed by atoms with Gasteiger partial charge < -0.3 is 19.4 Å².